The van der Waals surface area contributed by atoms with Crippen LogP contribution in [0.3, 0.4) is 0 Å². The number of nitrogens with zero attached hydrogens (tertiary/aromatic N) is 4. The molecule has 0 unspecified atom stereocenters. The molecule has 0 amide bonds. The van der Waals surface area contributed by atoms with Crippen LogP contribution in [0.5, 0.6) is 0 Å². The molecule has 168 valence electrons. The highest BCUT2D eigenvalue weighted by molar-refractivity contribution is 6.51. The van der Waals surface area contributed by atoms with Crippen LogP contribution in [0.25, 0.3) is 16.9 Å². The monoisotopic (exact) mass is 454 g/mol. The molecule has 0 bridgehead atoms. The Morgan fingerprint density at radius 2 is 1.23 bits per heavy atom. The average Bonchev–Trinajstić information content (AvgIpc) is 3.37. The Morgan fingerprint density at radius 3 is 1.86 bits per heavy atom. The lowest BCUT2D eigenvalue weighted by Gasteiger charge is -2.04. The minimum atomic E-state index is -0.183. The van der Waals surface area contributed by atoms with Crippen molar-refractivity contribution in [2.75, 3.05) is 0 Å². The van der Waals surface area contributed by atoms with E-state index < -0.39 is 0 Å². The van der Waals surface area contributed by atoms with Crippen LogP contribution in [0.4, 0.5) is 0 Å². The molecule has 4 aromatic carbocycles. The Labute approximate surface area is 203 Å². The second kappa shape index (κ2) is 10.4. The minimum absolute atomic E-state index is 0.183. The first kappa shape index (κ1) is 21.9. The summed E-state index contributed by atoms with van der Waals surface area (Å²) in [6, 6.07) is 38.3. The molecular weight excluding hydrogens is 432 g/mol. The van der Waals surface area contributed by atoms with E-state index in [9.17, 15) is 4.79 Å². The first-order chi connectivity index (χ1) is 17.3. The standard InChI is InChI=1S/C30H22N4O/c35-30(25-17-9-3-10-18-25)29(24-15-7-2-8-16-24)32-31-21-26-22-34(27-19-11-4-12-20-27)33-28(26)23-13-5-1-6-14-23/h1-22H. The number of carbonyl (C=O) groups is 1. The topological polar surface area (TPSA) is 59.6 Å². The number of hydrogen-bond acceptors (Lipinski definition) is 4. The zero-order valence-electron chi connectivity index (χ0n) is 18.9. The van der Waals surface area contributed by atoms with Gasteiger partial charge >= 0.3 is 0 Å². The fourth-order valence-electron chi connectivity index (χ4n) is 3.72. The van der Waals surface area contributed by atoms with Gasteiger partial charge in [-0.2, -0.15) is 10.2 Å². The number of carbonyl (C=O) groups excluding carboxylic acids is 1. The third-order valence-corrected chi connectivity index (χ3v) is 5.46. The Bertz CT molecular complexity index is 1470. The summed E-state index contributed by atoms with van der Waals surface area (Å²) in [6.07, 6.45) is 3.56. The second-order valence-electron chi connectivity index (χ2n) is 7.83. The van der Waals surface area contributed by atoms with Gasteiger partial charge in [-0.1, -0.05) is 109 Å². The van der Waals surface area contributed by atoms with Gasteiger partial charge in [-0.05, 0) is 12.1 Å². The Kier molecular flexibility index (Phi) is 6.49. The van der Waals surface area contributed by atoms with E-state index >= 15 is 0 Å². The Morgan fingerprint density at radius 1 is 0.686 bits per heavy atom. The molecule has 0 aliphatic carbocycles. The molecule has 0 saturated carbocycles. The van der Waals surface area contributed by atoms with Crippen molar-refractivity contribution < 1.29 is 4.79 Å². The van der Waals surface area contributed by atoms with Crippen molar-refractivity contribution in [3.05, 3.63) is 144 Å². The van der Waals surface area contributed by atoms with Crippen molar-refractivity contribution in [3.63, 3.8) is 0 Å². The van der Waals surface area contributed by atoms with E-state index in [4.69, 9.17) is 5.10 Å². The zero-order chi connectivity index (χ0) is 23.9. The van der Waals surface area contributed by atoms with Gasteiger partial charge in [-0.15, -0.1) is 5.10 Å². The summed E-state index contributed by atoms with van der Waals surface area (Å²) in [7, 11) is 0. The largest absolute Gasteiger partial charge is 0.287 e. The van der Waals surface area contributed by atoms with Crippen molar-refractivity contribution >= 4 is 17.7 Å². The second-order valence-corrected chi connectivity index (χ2v) is 7.83. The zero-order valence-corrected chi connectivity index (χ0v) is 18.9. The molecular formula is C30H22N4O. The summed E-state index contributed by atoms with van der Waals surface area (Å²) in [6.45, 7) is 0. The summed E-state index contributed by atoms with van der Waals surface area (Å²) in [5.74, 6) is -0.183. The van der Waals surface area contributed by atoms with Gasteiger partial charge in [0, 0.05) is 28.5 Å². The lowest BCUT2D eigenvalue weighted by atomic mass is 10.0. The van der Waals surface area contributed by atoms with Gasteiger partial charge in [0.05, 0.1) is 11.9 Å². The van der Waals surface area contributed by atoms with Crippen LogP contribution in [-0.4, -0.2) is 27.5 Å². The van der Waals surface area contributed by atoms with Crippen molar-refractivity contribution in [3.8, 4) is 16.9 Å². The molecule has 0 fully saturated rings. The number of ketones is 1. The number of benzene rings is 4. The maximum Gasteiger partial charge on any atom is 0.213 e. The first-order valence-corrected chi connectivity index (χ1v) is 11.3. The molecule has 0 saturated heterocycles. The minimum Gasteiger partial charge on any atom is -0.287 e. The van der Waals surface area contributed by atoms with Gasteiger partial charge in [0.15, 0.2) is 0 Å². The molecule has 0 N–H and O–H groups in total. The molecule has 35 heavy (non-hydrogen) atoms. The smallest absolute Gasteiger partial charge is 0.213 e. The van der Waals surface area contributed by atoms with Gasteiger partial charge < -0.3 is 0 Å². The summed E-state index contributed by atoms with van der Waals surface area (Å²) < 4.78 is 1.82. The predicted molar refractivity (Wildman–Crippen MR) is 140 cm³/mol. The van der Waals surface area contributed by atoms with E-state index in [-0.39, 0.29) is 11.5 Å². The Hall–Kier alpha value is -4.90. The maximum atomic E-state index is 13.2. The molecule has 1 aromatic heterocycles. The number of rotatable bonds is 7. The fraction of sp³-hybridized carbons (Fsp3) is 0. The third kappa shape index (κ3) is 5.04. The summed E-state index contributed by atoms with van der Waals surface area (Å²) in [5, 5.41) is 13.5. The van der Waals surface area contributed by atoms with Gasteiger partial charge in [-0.3, -0.25) is 4.79 Å². The van der Waals surface area contributed by atoms with Crippen LogP contribution >= 0.6 is 0 Å². The molecule has 1 heterocycles. The molecule has 5 rings (SSSR count). The Balaban J connectivity index is 1.55. The molecule has 5 heteroatoms. The molecule has 0 spiro atoms. The number of hydrogen-bond donors (Lipinski definition) is 0. The quantitative estimate of drug-likeness (QED) is 0.166. The normalized spacial score (nSPS) is 11.6. The molecule has 0 aliphatic rings. The molecule has 0 atom stereocenters. The molecule has 5 nitrogen and oxygen atoms in total. The van der Waals surface area contributed by atoms with Crippen LogP contribution in [0.15, 0.2) is 138 Å². The predicted octanol–water partition coefficient (Wildman–Crippen LogP) is 6.25. The lowest BCUT2D eigenvalue weighted by Crippen LogP contribution is -2.15. The summed E-state index contributed by atoms with van der Waals surface area (Å²) >= 11 is 0. The van der Waals surface area contributed by atoms with E-state index in [1.54, 1.807) is 18.3 Å². The van der Waals surface area contributed by atoms with Crippen LogP contribution in [0, 0.1) is 0 Å². The van der Waals surface area contributed by atoms with Crippen molar-refractivity contribution in [2.24, 2.45) is 10.2 Å². The van der Waals surface area contributed by atoms with Crippen molar-refractivity contribution in [2.45, 2.75) is 0 Å². The van der Waals surface area contributed by atoms with E-state index in [1.165, 1.54) is 0 Å². The highest BCUT2D eigenvalue weighted by Crippen LogP contribution is 2.22. The highest BCUT2D eigenvalue weighted by Gasteiger charge is 2.16. The number of para-hydroxylation sites is 1. The van der Waals surface area contributed by atoms with Crippen LogP contribution < -0.4 is 0 Å². The van der Waals surface area contributed by atoms with Gasteiger partial charge in [-0.25, -0.2) is 4.68 Å². The van der Waals surface area contributed by atoms with Gasteiger partial charge in [0.25, 0.3) is 0 Å². The van der Waals surface area contributed by atoms with E-state index in [0.717, 1.165) is 22.5 Å². The molecule has 0 aliphatic heterocycles. The van der Waals surface area contributed by atoms with Crippen molar-refractivity contribution in [1.29, 1.82) is 0 Å². The van der Waals surface area contributed by atoms with Crippen molar-refractivity contribution in [1.82, 2.24) is 9.78 Å². The van der Waals surface area contributed by atoms with Gasteiger partial charge in [0.1, 0.15) is 11.4 Å². The molecule has 0 radical (unpaired) electrons. The first-order valence-electron chi connectivity index (χ1n) is 11.3. The number of aromatic nitrogens is 2. The van der Waals surface area contributed by atoms with Gasteiger partial charge in [0.2, 0.25) is 5.78 Å². The lowest BCUT2D eigenvalue weighted by molar-refractivity contribution is 0.106. The van der Waals surface area contributed by atoms with Crippen LogP contribution in [0.1, 0.15) is 21.5 Å². The average molecular weight is 455 g/mol. The SMILES string of the molecule is O=C(C(=NN=Cc1cn(-c2ccccc2)nc1-c1ccccc1)c1ccccc1)c1ccccc1. The maximum absolute atomic E-state index is 13.2. The number of Topliss-reactive ketones (excluding diaryl/α,β-unsaturated/α-hetero) is 1. The van der Waals surface area contributed by atoms with E-state index in [1.807, 2.05) is 120 Å². The summed E-state index contributed by atoms with van der Waals surface area (Å²) in [5.41, 5.74) is 5.04. The van der Waals surface area contributed by atoms with Crippen LogP contribution in [0.2, 0.25) is 0 Å². The highest BCUT2D eigenvalue weighted by atomic mass is 16.1. The van der Waals surface area contributed by atoms with E-state index in [0.29, 0.717) is 11.1 Å². The van der Waals surface area contributed by atoms with E-state index in [2.05, 4.69) is 10.2 Å². The van der Waals surface area contributed by atoms with Crippen LogP contribution in [-0.2, 0) is 0 Å². The molecule has 5 aromatic rings. The third-order valence-electron chi connectivity index (χ3n) is 5.46. The summed E-state index contributed by atoms with van der Waals surface area (Å²) in [4.78, 5) is 13.2. The fourth-order valence-corrected chi connectivity index (χ4v) is 3.72.